The van der Waals surface area contributed by atoms with Crippen molar-refractivity contribution in [2.75, 3.05) is 32.7 Å². The normalized spacial score (nSPS) is 16.5. The van der Waals surface area contributed by atoms with Crippen molar-refractivity contribution in [1.29, 1.82) is 0 Å². The third-order valence-electron chi connectivity index (χ3n) is 5.56. The van der Waals surface area contributed by atoms with E-state index in [0.717, 1.165) is 38.1 Å². The molecule has 0 spiro atoms. The highest BCUT2D eigenvalue weighted by Gasteiger charge is 2.35. The van der Waals surface area contributed by atoms with E-state index in [2.05, 4.69) is 22.1 Å². The highest BCUT2D eigenvalue weighted by Crippen LogP contribution is 2.39. The molecule has 0 saturated carbocycles. The van der Waals surface area contributed by atoms with Crippen molar-refractivity contribution in [1.82, 2.24) is 15.5 Å². The van der Waals surface area contributed by atoms with Crippen molar-refractivity contribution < 1.29 is 31.1 Å². The predicted octanol–water partition coefficient (Wildman–Crippen LogP) is 4.77. The second-order valence-electron chi connectivity index (χ2n) is 8.79. The molecule has 0 aromatic heterocycles. The van der Waals surface area contributed by atoms with Gasteiger partial charge in [-0.3, -0.25) is 4.79 Å². The maximum absolute atomic E-state index is 13.7. The third-order valence-corrected chi connectivity index (χ3v) is 5.89. The van der Waals surface area contributed by atoms with Gasteiger partial charge < -0.3 is 15.5 Å². The smallest absolute Gasteiger partial charge is 0.385 e. The number of hydrogen-bond acceptors (Lipinski definition) is 3. The molecule has 0 bridgehead atoms. The number of carbonyl (C=O) groups excluding carboxylic acids is 1. The molecule has 1 unspecified atom stereocenters. The van der Waals surface area contributed by atoms with Gasteiger partial charge in [0.05, 0.1) is 5.56 Å². The van der Waals surface area contributed by atoms with Gasteiger partial charge in [0.1, 0.15) is 0 Å². The molecule has 1 aromatic carbocycles. The molecule has 2 rings (SSSR count). The summed E-state index contributed by atoms with van der Waals surface area (Å²) in [6, 6.07) is 2.26. The highest BCUT2D eigenvalue weighted by atomic mass is 31.0. The van der Waals surface area contributed by atoms with Gasteiger partial charge in [-0.2, -0.15) is 22.0 Å². The molecule has 1 aliphatic rings. The van der Waals surface area contributed by atoms with Crippen molar-refractivity contribution in [3.63, 3.8) is 0 Å². The van der Waals surface area contributed by atoms with E-state index < -0.39 is 34.5 Å². The Morgan fingerprint density at radius 2 is 1.64 bits per heavy atom. The summed E-state index contributed by atoms with van der Waals surface area (Å²) in [6.45, 7) is 9.00. The summed E-state index contributed by atoms with van der Waals surface area (Å²) in [5, 5.41) is 5.54. The van der Waals surface area contributed by atoms with E-state index in [0.29, 0.717) is 25.7 Å². The lowest BCUT2D eigenvalue weighted by Gasteiger charge is -2.32. The average Bonchev–Trinajstić information content (AvgIpc) is 2.70. The molecule has 1 atom stereocenters. The van der Waals surface area contributed by atoms with Crippen LogP contribution in [0.2, 0.25) is 0 Å². The minimum atomic E-state index is -4.76. The zero-order valence-corrected chi connectivity index (χ0v) is 19.8. The fourth-order valence-electron chi connectivity index (χ4n) is 3.48. The molecule has 4 nitrogen and oxygen atoms in total. The van der Waals surface area contributed by atoms with E-state index in [-0.39, 0.29) is 17.2 Å². The molecule has 1 aromatic rings. The number of likely N-dealkylation sites (tertiary alicyclic amines) is 1. The fourth-order valence-corrected chi connectivity index (χ4v) is 3.65. The summed E-state index contributed by atoms with van der Waals surface area (Å²) in [5.41, 5.74) is -7.22. The Kier molecular flexibility index (Phi) is 8.85. The van der Waals surface area contributed by atoms with Gasteiger partial charge in [0.15, 0.2) is 5.67 Å². The summed E-state index contributed by atoms with van der Waals surface area (Å²) in [7, 11) is 1.25. The van der Waals surface area contributed by atoms with Gasteiger partial charge in [-0.25, -0.2) is 4.39 Å². The van der Waals surface area contributed by atoms with Crippen LogP contribution in [0.1, 0.15) is 43.4 Å². The lowest BCUT2D eigenvalue weighted by Crippen LogP contribution is -2.44. The van der Waals surface area contributed by atoms with Crippen LogP contribution in [0.25, 0.3) is 5.70 Å². The van der Waals surface area contributed by atoms with E-state index in [9.17, 15) is 31.1 Å². The SMILES string of the molecule is C=C(NCC1CCN(CCNC(=O)C(C)(C)F)CC1)c1cc(C(F)(F)F)cc(C(F)(F)P)c1. The zero-order chi connectivity index (χ0) is 25.0. The first-order chi connectivity index (χ1) is 15.1. The Bertz CT molecular complexity index is 808. The number of hydrogen-bond donors (Lipinski definition) is 2. The average molecular weight is 497 g/mol. The Balaban J connectivity index is 1.87. The van der Waals surface area contributed by atoms with Crippen LogP contribution in [0, 0.1) is 5.92 Å². The summed E-state index contributed by atoms with van der Waals surface area (Å²) in [6.07, 6.45) is -3.14. The molecule has 1 aliphatic heterocycles. The number of halogens is 6. The lowest BCUT2D eigenvalue weighted by atomic mass is 9.96. The largest absolute Gasteiger partial charge is 0.416 e. The van der Waals surface area contributed by atoms with Gasteiger partial charge in [0.2, 0.25) is 0 Å². The highest BCUT2D eigenvalue weighted by molar-refractivity contribution is 7.17. The topological polar surface area (TPSA) is 44.4 Å². The number of nitrogens with one attached hydrogen (secondary N) is 2. The van der Waals surface area contributed by atoms with E-state index in [1.165, 1.54) is 23.1 Å². The zero-order valence-electron chi connectivity index (χ0n) is 18.7. The number of alkyl halides is 6. The number of carbonyl (C=O) groups is 1. The molecule has 1 fully saturated rings. The van der Waals surface area contributed by atoms with Crippen molar-refractivity contribution in [2.45, 2.75) is 44.2 Å². The van der Waals surface area contributed by atoms with Gasteiger partial charge in [0.25, 0.3) is 11.6 Å². The van der Waals surface area contributed by atoms with Crippen LogP contribution in [-0.4, -0.2) is 49.2 Å². The van der Waals surface area contributed by atoms with Crippen molar-refractivity contribution in [3.05, 3.63) is 41.5 Å². The van der Waals surface area contributed by atoms with Crippen molar-refractivity contribution in [3.8, 4) is 0 Å². The van der Waals surface area contributed by atoms with E-state index in [4.69, 9.17) is 0 Å². The molecule has 33 heavy (non-hydrogen) atoms. The van der Waals surface area contributed by atoms with Gasteiger partial charge >= 0.3 is 6.18 Å². The summed E-state index contributed by atoms with van der Waals surface area (Å²) in [4.78, 5) is 13.7. The maximum atomic E-state index is 13.7. The van der Waals surface area contributed by atoms with Crippen LogP contribution >= 0.6 is 9.24 Å². The van der Waals surface area contributed by atoms with Crippen molar-refractivity contribution >= 4 is 20.8 Å². The number of benzene rings is 1. The van der Waals surface area contributed by atoms with Gasteiger partial charge in [-0.1, -0.05) is 15.8 Å². The molecule has 11 heteroatoms. The first-order valence-corrected chi connectivity index (χ1v) is 11.2. The Morgan fingerprint density at radius 3 is 2.15 bits per heavy atom. The molecule has 0 radical (unpaired) electrons. The number of nitrogens with zero attached hydrogens (tertiary/aromatic N) is 1. The van der Waals surface area contributed by atoms with Crippen molar-refractivity contribution in [2.24, 2.45) is 5.92 Å². The quantitative estimate of drug-likeness (QED) is 0.382. The first kappa shape index (κ1) is 27.4. The monoisotopic (exact) mass is 497 g/mol. The third kappa shape index (κ3) is 8.49. The van der Waals surface area contributed by atoms with E-state index >= 15 is 0 Å². The predicted molar refractivity (Wildman–Crippen MR) is 119 cm³/mol. The molecule has 0 aliphatic carbocycles. The van der Waals surface area contributed by atoms with E-state index in [1.54, 1.807) is 0 Å². The van der Waals surface area contributed by atoms with Crippen LogP contribution < -0.4 is 10.6 Å². The molecule has 2 N–H and O–H groups in total. The standard InChI is InChI=1S/C22H30F6N3OP/c1-14(16-10-17(21(24,25)26)12-18(11-16)22(27,28)33)30-13-15-4-7-31(8-5-15)9-6-29-19(32)20(2,3)23/h10-12,15,30H,1,4-9,13,33H2,2-3H3,(H,29,32). The van der Waals surface area contributed by atoms with Crippen LogP contribution in [0.5, 0.6) is 0 Å². The lowest BCUT2D eigenvalue weighted by molar-refractivity contribution is -0.137. The fraction of sp³-hybridized carbons (Fsp3) is 0.591. The van der Waals surface area contributed by atoms with Crippen LogP contribution in [-0.2, 0) is 16.6 Å². The Hall–Kier alpha value is -1.80. The molecule has 1 saturated heterocycles. The molecular weight excluding hydrogens is 467 g/mol. The summed E-state index contributed by atoms with van der Waals surface area (Å²) < 4.78 is 80.3. The van der Waals surface area contributed by atoms with Gasteiger partial charge in [0, 0.05) is 30.9 Å². The maximum Gasteiger partial charge on any atom is 0.416 e. The molecule has 1 amide bonds. The van der Waals surface area contributed by atoms with Gasteiger partial charge in [-0.05, 0) is 69.5 Å². The minimum Gasteiger partial charge on any atom is -0.385 e. The molecular formula is C22H30F6N3OP. The Labute approximate surface area is 192 Å². The van der Waals surface area contributed by atoms with Crippen LogP contribution in [0.4, 0.5) is 26.3 Å². The Morgan fingerprint density at radius 1 is 1.06 bits per heavy atom. The number of piperidine rings is 1. The summed E-state index contributed by atoms with van der Waals surface area (Å²) in [5.74, 6) is -0.428. The molecule has 186 valence electrons. The number of rotatable bonds is 9. The number of amides is 1. The molecule has 1 heterocycles. The van der Waals surface area contributed by atoms with Crippen LogP contribution in [0.15, 0.2) is 24.8 Å². The second kappa shape index (κ2) is 10.6. The summed E-state index contributed by atoms with van der Waals surface area (Å²) >= 11 is 0. The van der Waals surface area contributed by atoms with Gasteiger partial charge in [-0.15, -0.1) is 0 Å². The van der Waals surface area contributed by atoms with Crippen LogP contribution in [0.3, 0.4) is 0 Å². The van der Waals surface area contributed by atoms with E-state index in [1.807, 2.05) is 0 Å². The second-order valence-corrected chi connectivity index (χ2v) is 9.52. The first-order valence-electron chi connectivity index (χ1n) is 10.6. The minimum absolute atomic E-state index is 0.0362.